The van der Waals surface area contributed by atoms with Gasteiger partial charge in [-0.25, -0.2) is 0 Å². The minimum atomic E-state index is 0.628. The third kappa shape index (κ3) is 4.03. The number of hydrogen-bond donors (Lipinski definition) is 1. The van der Waals surface area contributed by atoms with Crippen molar-refractivity contribution in [2.45, 2.75) is 0 Å². The maximum atomic E-state index is 6.03. The van der Waals surface area contributed by atoms with Gasteiger partial charge < -0.3 is 10.1 Å². The standard InChI is InChI=1S/C18H13BrClNO/c19-13-9-14(20)11-18(10-13)22-17-8-4-7-16(12-17)21-15-5-2-1-3-6-15/h1-12,21H. The Balaban J connectivity index is 1.79. The van der Waals surface area contributed by atoms with Crippen LogP contribution in [-0.4, -0.2) is 0 Å². The van der Waals surface area contributed by atoms with Gasteiger partial charge in [0.1, 0.15) is 11.5 Å². The van der Waals surface area contributed by atoms with E-state index in [1.165, 1.54) is 0 Å². The van der Waals surface area contributed by atoms with Crippen LogP contribution < -0.4 is 10.1 Å². The average molecular weight is 375 g/mol. The number of benzene rings is 3. The van der Waals surface area contributed by atoms with Crippen LogP contribution in [0.4, 0.5) is 11.4 Å². The van der Waals surface area contributed by atoms with Gasteiger partial charge in [0, 0.05) is 26.9 Å². The van der Waals surface area contributed by atoms with Gasteiger partial charge in [0.15, 0.2) is 0 Å². The van der Waals surface area contributed by atoms with Crippen LogP contribution >= 0.6 is 27.5 Å². The van der Waals surface area contributed by atoms with Gasteiger partial charge in [0.2, 0.25) is 0 Å². The Morgan fingerprint density at radius 3 is 2.32 bits per heavy atom. The van der Waals surface area contributed by atoms with Gasteiger partial charge in [-0.3, -0.25) is 0 Å². The molecule has 0 bridgehead atoms. The topological polar surface area (TPSA) is 21.3 Å². The van der Waals surface area contributed by atoms with E-state index in [2.05, 4.69) is 21.2 Å². The molecule has 22 heavy (non-hydrogen) atoms. The lowest BCUT2D eigenvalue weighted by Crippen LogP contribution is -1.91. The SMILES string of the molecule is Clc1cc(Br)cc(Oc2cccc(Nc3ccccc3)c2)c1. The minimum absolute atomic E-state index is 0.628. The molecule has 0 aromatic heterocycles. The molecule has 3 aromatic rings. The van der Waals surface area contributed by atoms with Crippen LogP contribution in [0.3, 0.4) is 0 Å². The Morgan fingerprint density at radius 2 is 1.55 bits per heavy atom. The normalized spacial score (nSPS) is 10.3. The van der Waals surface area contributed by atoms with Gasteiger partial charge in [0.05, 0.1) is 0 Å². The molecular weight excluding hydrogens is 362 g/mol. The molecule has 1 N–H and O–H groups in total. The Bertz CT molecular complexity index is 757. The van der Waals surface area contributed by atoms with Crippen molar-refractivity contribution in [3.8, 4) is 11.5 Å². The number of halogens is 2. The summed E-state index contributed by atoms with van der Waals surface area (Å²) in [4.78, 5) is 0. The summed E-state index contributed by atoms with van der Waals surface area (Å²) in [6.07, 6.45) is 0. The highest BCUT2D eigenvalue weighted by Gasteiger charge is 2.02. The monoisotopic (exact) mass is 373 g/mol. The van der Waals surface area contributed by atoms with Gasteiger partial charge >= 0.3 is 0 Å². The number of hydrogen-bond acceptors (Lipinski definition) is 2. The van der Waals surface area contributed by atoms with Crippen LogP contribution in [0.2, 0.25) is 5.02 Å². The third-order valence-corrected chi connectivity index (χ3v) is 3.64. The van der Waals surface area contributed by atoms with Crippen molar-refractivity contribution in [1.82, 2.24) is 0 Å². The fourth-order valence-corrected chi connectivity index (χ4v) is 2.88. The predicted octanol–water partition coefficient (Wildman–Crippen LogP) is 6.64. The lowest BCUT2D eigenvalue weighted by Gasteiger charge is -2.10. The highest BCUT2D eigenvalue weighted by Crippen LogP contribution is 2.30. The lowest BCUT2D eigenvalue weighted by atomic mass is 10.2. The molecule has 0 heterocycles. The highest BCUT2D eigenvalue weighted by molar-refractivity contribution is 9.10. The number of ether oxygens (including phenoxy) is 1. The van der Waals surface area contributed by atoms with E-state index in [1.807, 2.05) is 66.7 Å². The van der Waals surface area contributed by atoms with Crippen molar-refractivity contribution in [3.05, 3.63) is 82.3 Å². The van der Waals surface area contributed by atoms with Gasteiger partial charge in [-0.05, 0) is 42.5 Å². The molecule has 0 saturated heterocycles. The van der Waals surface area contributed by atoms with Crippen LogP contribution in [0.25, 0.3) is 0 Å². The molecule has 0 unspecified atom stereocenters. The summed E-state index contributed by atoms with van der Waals surface area (Å²) in [5.74, 6) is 1.44. The molecule has 0 atom stereocenters. The molecule has 4 heteroatoms. The van der Waals surface area contributed by atoms with Gasteiger partial charge in [-0.15, -0.1) is 0 Å². The number of para-hydroxylation sites is 1. The second-order valence-electron chi connectivity index (χ2n) is 4.73. The molecule has 2 nitrogen and oxygen atoms in total. The first kappa shape index (κ1) is 14.9. The van der Waals surface area contributed by atoms with E-state index in [0.717, 1.165) is 21.6 Å². The van der Waals surface area contributed by atoms with Crippen LogP contribution in [0.1, 0.15) is 0 Å². The van der Waals surface area contributed by atoms with Crippen molar-refractivity contribution >= 4 is 38.9 Å². The Kier molecular flexibility index (Phi) is 4.66. The van der Waals surface area contributed by atoms with E-state index in [1.54, 1.807) is 6.07 Å². The van der Waals surface area contributed by atoms with E-state index in [-0.39, 0.29) is 0 Å². The van der Waals surface area contributed by atoms with E-state index in [9.17, 15) is 0 Å². The smallest absolute Gasteiger partial charge is 0.130 e. The molecule has 0 aliphatic rings. The van der Waals surface area contributed by atoms with Gasteiger partial charge in [-0.2, -0.15) is 0 Å². The van der Waals surface area contributed by atoms with Crippen molar-refractivity contribution in [1.29, 1.82) is 0 Å². The van der Waals surface area contributed by atoms with Crippen LogP contribution in [0.15, 0.2) is 77.3 Å². The summed E-state index contributed by atoms with van der Waals surface area (Å²) < 4.78 is 6.75. The maximum absolute atomic E-state index is 6.03. The minimum Gasteiger partial charge on any atom is -0.457 e. The lowest BCUT2D eigenvalue weighted by molar-refractivity contribution is 0.482. The Hall–Kier alpha value is -1.97. The van der Waals surface area contributed by atoms with E-state index in [4.69, 9.17) is 16.3 Å². The maximum Gasteiger partial charge on any atom is 0.130 e. The number of rotatable bonds is 4. The molecule has 0 fully saturated rings. The summed E-state index contributed by atoms with van der Waals surface area (Å²) in [7, 11) is 0. The van der Waals surface area contributed by atoms with Crippen molar-refractivity contribution in [2.24, 2.45) is 0 Å². The second kappa shape index (κ2) is 6.86. The zero-order valence-corrected chi connectivity index (χ0v) is 13.9. The average Bonchev–Trinajstić information content (AvgIpc) is 2.47. The van der Waals surface area contributed by atoms with Crippen LogP contribution in [0, 0.1) is 0 Å². The summed E-state index contributed by atoms with van der Waals surface area (Å²) in [6, 6.07) is 23.3. The van der Waals surface area contributed by atoms with Gasteiger partial charge in [0.25, 0.3) is 0 Å². The largest absolute Gasteiger partial charge is 0.457 e. The summed E-state index contributed by atoms with van der Waals surface area (Å²) >= 11 is 9.44. The van der Waals surface area contributed by atoms with Crippen LogP contribution in [-0.2, 0) is 0 Å². The molecule has 0 amide bonds. The molecule has 3 rings (SSSR count). The van der Waals surface area contributed by atoms with Crippen molar-refractivity contribution < 1.29 is 4.74 Å². The van der Waals surface area contributed by atoms with Crippen molar-refractivity contribution in [3.63, 3.8) is 0 Å². The second-order valence-corrected chi connectivity index (χ2v) is 6.08. The van der Waals surface area contributed by atoms with E-state index in [0.29, 0.717) is 10.8 Å². The number of nitrogens with one attached hydrogen (secondary N) is 1. The van der Waals surface area contributed by atoms with Crippen LogP contribution in [0.5, 0.6) is 11.5 Å². The fourth-order valence-electron chi connectivity index (χ4n) is 2.05. The Labute approximate surface area is 142 Å². The number of anilines is 2. The molecule has 0 radical (unpaired) electrons. The molecule has 0 aliphatic carbocycles. The molecule has 110 valence electrons. The summed E-state index contributed by atoms with van der Waals surface area (Å²) in [6.45, 7) is 0. The molecule has 0 aliphatic heterocycles. The summed E-state index contributed by atoms with van der Waals surface area (Å²) in [5.41, 5.74) is 2.00. The highest BCUT2D eigenvalue weighted by atomic mass is 79.9. The van der Waals surface area contributed by atoms with Crippen molar-refractivity contribution in [2.75, 3.05) is 5.32 Å². The zero-order valence-electron chi connectivity index (χ0n) is 11.6. The first-order chi connectivity index (χ1) is 10.7. The quantitative estimate of drug-likeness (QED) is 0.553. The predicted molar refractivity (Wildman–Crippen MR) is 95.4 cm³/mol. The first-order valence-corrected chi connectivity index (χ1v) is 7.92. The van der Waals surface area contributed by atoms with E-state index >= 15 is 0 Å². The molecule has 0 saturated carbocycles. The first-order valence-electron chi connectivity index (χ1n) is 6.75. The Morgan fingerprint density at radius 1 is 0.773 bits per heavy atom. The molecular formula is C18H13BrClNO. The molecule has 0 spiro atoms. The van der Waals surface area contributed by atoms with E-state index < -0.39 is 0 Å². The summed E-state index contributed by atoms with van der Waals surface area (Å²) in [5, 5.41) is 3.97. The fraction of sp³-hybridized carbons (Fsp3) is 0. The molecule has 3 aromatic carbocycles. The third-order valence-electron chi connectivity index (χ3n) is 2.97. The van der Waals surface area contributed by atoms with Gasteiger partial charge in [-0.1, -0.05) is 51.8 Å². The zero-order chi connectivity index (χ0) is 15.4.